The molecule has 4 aromatic carbocycles. The van der Waals surface area contributed by atoms with E-state index in [1.54, 1.807) is 19.2 Å². The topological polar surface area (TPSA) is 21.3 Å². The van der Waals surface area contributed by atoms with E-state index in [0.717, 1.165) is 23.3 Å². The molecule has 0 amide bonds. The van der Waals surface area contributed by atoms with Crippen molar-refractivity contribution in [3.8, 4) is 5.75 Å². The molecule has 2 nitrogen and oxygen atoms in total. The maximum Gasteiger partial charge on any atom is 0.126 e. The van der Waals surface area contributed by atoms with Gasteiger partial charge >= 0.3 is 0 Å². The summed E-state index contributed by atoms with van der Waals surface area (Å²) >= 11 is 0. The third-order valence-electron chi connectivity index (χ3n) is 5.99. The summed E-state index contributed by atoms with van der Waals surface area (Å²) in [6, 6.07) is 28.3. The molecule has 0 spiro atoms. The molecule has 0 aromatic heterocycles. The first-order valence-electron chi connectivity index (χ1n) is 11.4. The van der Waals surface area contributed by atoms with Crippen LogP contribution in [-0.2, 0) is 6.42 Å². The quantitative estimate of drug-likeness (QED) is 0.288. The normalized spacial score (nSPS) is 13.3. The number of nitrogens with one attached hydrogen (secondary N) is 1. The molecule has 0 heterocycles. The maximum absolute atomic E-state index is 13.1. The van der Waals surface area contributed by atoms with Crippen LogP contribution in [0.4, 0.5) is 4.39 Å². The fourth-order valence-corrected chi connectivity index (χ4v) is 4.34. The van der Waals surface area contributed by atoms with Crippen LogP contribution in [0.25, 0.3) is 22.9 Å². The highest BCUT2D eigenvalue weighted by molar-refractivity contribution is 5.86. The molecule has 33 heavy (non-hydrogen) atoms. The van der Waals surface area contributed by atoms with Crippen molar-refractivity contribution in [2.75, 3.05) is 7.11 Å². The fourth-order valence-electron chi connectivity index (χ4n) is 4.34. The van der Waals surface area contributed by atoms with E-state index in [1.165, 1.54) is 34.0 Å². The molecule has 0 fully saturated rings. The second-order valence-corrected chi connectivity index (χ2v) is 8.52. The van der Waals surface area contributed by atoms with Gasteiger partial charge in [-0.15, -0.1) is 0 Å². The SMILES string of the molecule is COc1cc(CC(C)NC(C)c2cccc3ccccc23)ccc1C=Cc1ccc(F)cc1. The molecule has 2 unspecified atom stereocenters. The minimum Gasteiger partial charge on any atom is -0.496 e. The summed E-state index contributed by atoms with van der Waals surface area (Å²) < 4.78 is 18.8. The van der Waals surface area contributed by atoms with E-state index in [4.69, 9.17) is 4.74 Å². The highest BCUT2D eigenvalue weighted by atomic mass is 19.1. The number of hydrogen-bond acceptors (Lipinski definition) is 2. The molecular formula is C30H30FNO. The Labute approximate surface area is 195 Å². The lowest BCUT2D eigenvalue weighted by atomic mass is 9.98. The molecule has 2 atom stereocenters. The molecular weight excluding hydrogens is 409 g/mol. The van der Waals surface area contributed by atoms with Crippen LogP contribution in [0.15, 0.2) is 84.9 Å². The molecule has 1 N–H and O–H groups in total. The molecule has 0 aliphatic heterocycles. The summed E-state index contributed by atoms with van der Waals surface area (Å²) in [5.74, 6) is 0.603. The predicted octanol–water partition coefficient (Wildman–Crippen LogP) is 7.44. The molecule has 168 valence electrons. The Kier molecular flexibility index (Phi) is 7.21. The van der Waals surface area contributed by atoms with Crippen LogP contribution in [-0.4, -0.2) is 13.2 Å². The van der Waals surface area contributed by atoms with Crippen LogP contribution in [0.5, 0.6) is 5.75 Å². The number of halogens is 1. The Morgan fingerprint density at radius 1 is 0.879 bits per heavy atom. The average molecular weight is 440 g/mol. The minimum atomic E-state index is -0.230. The highest BCUT2D eigenvalue weighted by Gasteiger charge is 2.13. The second kappa shape index (κ2) is 10.5. The van der Waals surface area contributed by atoms with Crippen LogP contribution < -0.4 is 10.1 Å². The number of hydrogen-bond donors (Lipinski definition) is 1. The van der Waals surface area contributed by atoms with Crippen molar-refractivity contribution in [1.29, 1.82) is 0 Å². The maximum atomic E-state index is 13.1. The van der Waals surface area contributed by atoms with Crippen LogP contribution >= 0.6 is 0 Å². The van der Waals surface area contributed by atoms with Crippen LogP contribution in [0.1, 0.15) is 42.1 Å². The van der Waals surface area contributed by atoms with E-state index in [-0.39, 0.29) is 11.9 Å². The van der Waals surface area contributed by atoms with Gasteiger partial charge in [0.25, 0.3) is 0 Å². The molecule has 4 rings (SSSR count). The highest BCUT2D eigenvalue weighted by Crippen LogP contribution is 2.26. The summed E-state index contributed by atoms with van der Waals surface area (Å²) in [7, 11) is 1.69. The van der Waals surface area contributed by atoms with Gasteiger partial charge < -0.3 is 10.1 Å². The van der Waals surface area contributed by atoms with Gasteiger partial charge in [0.15, 0.2) is 0 Å². The second-order valence-electron chi connectivity index (χ2n) is 8.52. The van der Waals surface area contributed by atoms with Crippen molar-refractivity contribution in [3.05, 3.63) is 113 Å². The van der Waals surface area contributed by atoms with Crippen LogP contribution in [0, 0.1) is 5.82 Å². The average Bonchev–Trinajstić information content (AvgIpc) is 2.83. The van der Waals surface area contributed by atoms with Gasteiger partial charge in [0, 0.05) is 17.6 Å². The van der Waals surface area contributed by atoms with Crippen molar-refractivity contribution < 1.29 is 9.13 Å². The van der Waals surface area contributed by atoms with E-state index in [2.05, 4.69) is 79.8 Å². The minimum absolute atomic E-state index is 0.230. The lowest BCUT2D eigenvalue weighted by Crippen LogP contribution is -2.30. The predicted molar refractivity (Wildman–Crippen MR) is 137 cm³/mol. The van der Waals surface area contributed by atoms with Gasteiger partial charge in [0.05, 0.1) is 7.11 Å². The number of rotatable bonds is 8. The third kappa shape index (κ3) is 5.68. The molecule has 4 aromatic rings. The fraction of sp³-hybridized carbons (Fsp3) is 0.200. The number of ether oxygens (including phenoxy) is 1. The lowest BCUT2D eigenvalue weighted by molar-refractivity contribution is 0.412. The molecule has 0 radical (unpaired) electrons. The zero-order chi connectivity index (χ0) is 23.2. The summed E-state index contributed by atoms with van der Waals surface area (Å²) in [5, 5.41) is 6.32. The summed E-state index contributed by atoms with van der Waals surface area (Å²) in [6.07, 6.45) is 4.86. The summed E-state index contributed by atoms with van der Waals surface area (Å²) in [6.45, 7) is 4.44. The van der Waals surface area contributed by atoms with E-state index >= 15 is 0 Å². The first-order chi connectivity index (χ1) is 16.0. The van der Waals surface area contributed by atoms with Crippen molar-refractivity contribution in [1.82, 2.24) is 5.32 Å². The number of benzene rings is 4. The molecule has 3 heteroatoms. The van der Waals surface area contributed by atoms with Gasteiger partial charge in [-0.3, -0.25) is 0 Å². The van der Waals surface area contributed by atoms with Crippen molar-refractivity contribution in [2.24, 2.45) is 0 Å². The Bertz CT molecular complexity index is 1240. The first kappa shape index (κ1) is 22.8. The Balaban J connectivity index is 1.44. The molecule has 0 aliphatic rings. The zero-order valence-corrected chi connectivity index (χ0v) is 19.4. The lowest BCUT2D eigenvalue weighted by Gasteiger charge is -2.22. The number of fused-ring (bicyclic) bond motifs is 1. The van der Waals surface area contributed by atoms with Crippen LogP contribution in [0.3, 0.4) is 0 Å². The van der Waals surface area contributed by atoms with E-state index in [9.17, 15) is 4.39 Å². The van der Waals surface area contributed by atoms with Gasteiger partial charge in [-0.2, -0.15) is 0 Å². The van der Waals surface area contributed by atoms with Gasteiger partial charge in [-0.1, -0.05) is 78.9 Å². The standard InChI is InChI=1S/C30H30FNO/c1-21(32-22(2)28-10-6-8-25-7-4-5-9-29(25)28)19-24-12-16-26(30(20-24)33-3)15-11-23-13-17-27(31)18-14-23/h4-18,20-22,32H,19H2,1-3H3. The molecule has 0 aliphatic carbocycles. The zero-order valence-electron chi connectivity index (χ0n) is 19.4. The van der Waals surface area contributed by atoms with Crippen molar-refractivity contribution in [3.63, 3.8) is 0 Å². The largest absolute Gasteiger partial charge is 0.496 e. The van der Waals surface area contributed by atoms with Gasteiger partial charge in [-0.05, 0) is 65.9 Å². The summed E-state index contributed by atoms with van der Waals surface area (Å²) in [5.41, 5.74) is 4.48. The Morgan fingerprint density at radius 2 is 1.64 bits per heavy atom. The third-order valence-corrected chi connectivity index (χ3v) is 5.99. The van der Waals surface area contributed by atoms with Crippen molar-refractivity contribution >= 4 is 22.9 Å². The van der Waals surface area contributed by atoms with Crippen molar-refractivity contribution in [2.45, 2.75) is 32.4 Å². The monoisotopic (exact) mass is 439 g/mol. The molecule has 0 saturated heterocycles. The number of methoxy groups -OCH3 is 1. The first-order valence-corrected chi connectivity index (χ1v) is 11.4. The molecule has 0 saturated carbocycles. The summed E-state index contributed by atoms with van der Waals surface area (Å²) in [4.78, 5) is 0. The van der Waals surface area contributed by atoms with E-state index in [0.29, 0.717) is 6.04 Å². The van der Waals surface area contributed by atoms with Gasteiger partial charge in [-0.25, -0.2) is 4.39 Å². The smallest absolute Gasteiger partial charge is 0.126 e. The van der Waals surface area contributed by atoms with E-state index < -0.39 is 0 Å². The van der Waals surface area contributed by atoms with E-state index in [1.807, 2.05) is 12.2 Å². The Hall–Kier alpha value is -3.43. The Morgan fingerprint density at radius 3 is 2.42 bits per heavy atom. The van der Waals surface area contributed by atoms with Crippen LogP contribution in [0.2, 0.25) is 0 Å². The van der Waals surface area contributed by atoms with Gasteiger partial charge in [0.1, 0.15) is 11.6 Å². The molecule has 0 bridgehead atoms. The van der Waals surface area contributed by atoms with Gasteiger partial charge in [0.2, 0.25) is 0 Å².